The number of aliphatic carboxylic acids is 1. The summed E-state index contributed by atoms with van der Waals surface area (Å²) in [5.74, 6) is -1.07. The van der Waals surface area contributed by atoms with Crippen LogP contribution in [0.2, 0.25) is 0 Å². The van der Waals surface area contributed by atoms with Crippen molar-refractivity contribution in [3.05, 3.63) is 42.0 Å². The Kier molecular flexibility index (Phi) is 4.19. The van der Waals surface area contributed by atoms with E-state index in [-0.39, 0.29) is 0 Å². The van der Waals surface area contributed by atoms with Crippen molar-refractivity contribution in [1.82, 2.24) is 0 Å². The minimum Gasteiger partial charge on any atom is -0.497 e. The van der Waals surface area contributed by atoms with Crippen LogP contribution in [0.1, 0.15) is 25.8 Å². The van der Waals surface area contributed by atoms with E-state index in [4.69, 9.17) is 4.74 Å². The number of ether oxygens (including phenoxy) is 1. The topological polar surface area (TPSA) is 66.8 Å². The monoisotopic (exact) mass is 288 g/mol. The zero-order valence-electron chi connectivity index (χ0n) is 12.5. The van der Waals surface area contributed by atoms with E-state index in [1.54, 1.807) is 27.0 Å². The summed E-state index contributed by atoms with van der Waals surface area (Å²) in [6, 6.07) is 11.1. The minimum absolute atomic E-state index is 0.364. The molecule has 2 rings (SSSR count). The predicted octanol–water partition coefficient (Wildman–Crippen LogP) is 3.17. The van der Waals surface area contributed by atoms with E-state index in [1.165, 1.54) is 0 Å². The lowest BCUT2D eigenvalue weighted by Crippen LogP contribution is -2.36. The Bertz CT molecular complexity index is 661. The molecule has 0 aliphatic rings. The van der Waals surface area contributed by atoms with Crippen LogP contribution in [0, 0.1) is 5.92 Å². The number of rotatable bonds is 5. The fourth-order valence-electron chi connectivity index (χ4n) is 2.68. The third-order valence-electron chi connectivity index (χ3n) is 4.02. The molecule has 0 amide bonds. The molecule has 112 valence electrons. The molecule has 0 bridgehead atoms. The molecule has 2 aromatic carbocycles. The molecule has 0 saturated heterocycles. The summed E-state index contributed by atoms with van der Waals surface area (Å²) in [5.41, 5.74) is -0.802. The number of aliphatic hydroxyl groups is 1. The van der Waals surface area contributed by atoms with E-state index >= 15 is 0 Å². The molecule has 0 fully saturated rings. The average Bonchev–Trinajstić information content (AvgIpc) is 2.46. The molecule has 0 aliphatic carbocycles. The lowest BCUT2D eigenvalue weighted by atomic mass is 9.80. The van der Waals surface area contributed by atoms with Gasteiger partial charge in [0.05, 0.1) is 13.0 Å². The van der Waals surface area contributed by atoms with Crippen LogP contribution in [0.25, 0.3) is 10.8 Å². The summed E-state index contributed by atoms with van der Waals surface area (Å²) in [5, 5.41) is 21.9. The van der Waals surface area contributed by atoms with Gasteiger partial charge in [-0.2, -0.15) is 0 Å². The Morgan fingerprint density at radius 1 is 1.24 bits per heavy atom. The molecule has 2 N–H and O–H groups in total. The van der Waals surface area contributed by atoms with Gasteiger partial charge in [-0.3, -0.25) is 4.79 Å². The van der Waals surface area contributed by atoms with Crippen LogP contribution in [-0.2, 0) is 10.4 Å². The summed E-state index contributed by atoms with van der Waals surface area (Å²) in [6.07, 6.45) is 0.364. The number of carboxylic acids is 1. The summed E-state index contributed by atoms with van der Waals surface area (Å²) in [7, 11) is 1.61. The molecule has 0 radical (unpaired) electrons. The van der Waals surface area contributed by atoms with E-state index in [0.29, 0.717) is 12.0 Å². The van der Waals surface area contributed by atoms with E-state index < -0.39 is 17.5 Å². The van der Waals surface area contributed by atoms with Crippen molar-refractivity contribution in [2.75, 3.05) is 7.11 Å². The van der Waals surface area contributed by atoms with Gasteiger partial charge in [-0.15, -0.1) is 0 Å². The van der Waals surface area contributed by atoms with Crippen LogP contribution in [-0.4, -0.2) is 23.3 Å². The molecule has 2 unspecified atom stereocenters. The number of carbonyl (C=O) groups is 1. The third-order valence-corrected chi connectivity index (χ3v) is 4.02. The number of hydrogen-bond acceptors (Lipinski definition) is 3. The predicted molar refractivity (Wildman–Crippen MR) is 81.5 cm³/mol. The number of benzene rings is 2. The fourth-order valence-corrected chi connectivity index (χ4v) is 2.68. The molecule has 4 nitrogen and oxygen atoms in total. The van der Waals surface area contributed by atoms with E-state index in [1.807, 2.05) is 30.3 Å². The van der Waals surface area contributed by atoms with Gasteiger partial charge < -0.3 is 14.9 Å². The van der Waals surface area contributed by atoms with Crippen LogP contribution in [0.4, 0.5) is 0 Å². The summed E-state index contributed by atoms with van der Waals surface area (Å²) in [6.45, 7) is 3.32. The highest BCUT2D eigenvalue weighted by atomic mass is 16.5. The van der Waals surface area contributed by atoms with Gasteiger partial charge in [-0.25, -0.2) is 0 Å². The molecule has 0 heterocycles. The van der Waals surface area contributed by atoms with Gasteiger partial charge in [0.1, 0.15) is 11.4 Å². The minimum atomic E-state index is -1.41. The molecule has 0 aliphatic heterocycles. The molecular weight excluding hydrogens is 268 g/mol. The van der Waals surface area contributed by atoms with Gasteiger partial charge in [0, 0.05) is 0 Å². The molecule has 0 aromatic heterocycles. The highest BCUT2D eigenvalue weighted by Crippen LogP contribution is 2.34. The Balaban J connectivity index is 2.49. The first kappa shape index (κ1) is 15.3. The first-order valence-electron chi connectivity index (χ1n) is 6.93. The van der Waals surface area contributed by atoms with Crippen LogP contribution >= 0.6 is 0 Å². The average molecular weight is 288 g/mol. The normalized spacial score (nSPS) is 15.4. The first-order valence-corrected chi connectivity index (χ1v) is 6.93. The van der Waals surface area contributed by atoms with Crippen molar-refractivity contribution in [2.45, 2.75) is 25.9 Å². The van der Waals surface area contributed by atoms with Crippen LogP contribution < -0.4 is 4.74 Å². The second kappa shape index (κ2) is 5.74. The number of carboxylic acid groups (broad SMARTS) is 1. The molecule has 4 heteroatoms. The van der Waals surface area contributed by atoms with Gasteiger partial charge in [-0.05, 0) is 47.9 Å². The van der Waals surface area contributed by atoms with Gasteiger partial charge in [-0.1, -0.05) is 25.1 Å². The van der Waals surface area contributed by atoms with E-state index in [2.05, 4.69) is 0 Å². The highest BCUT2D eigenvalue weighted by molar-refractivity contribution is 5.85. The largest absolute Gasteiger partial charge is 0.497 e. The van der Waals surface area contributed by atoms with Gasteiger partial charge in [0.15, 0.2) is 0 Å². The lowest BCUT2D eigenvalue weighted by Gasteiger charge is -2.30. The van der Waals surface area contributed by atoms with Crippen LogP contribution in [0.15, 0.2) is 36.4 Å². The Hall–Kier alpha value is -2.07. The first-order chi connectivity index (χ1) is 9.90. The zero-order valence-corrected chi connectivity index (χ0v) is 12.5. The van der Waals surface area contributed by atoms with Gasteiger partial charge in [0.2, 0.25) is 0 Å². The second-order valence-electron chi connectivity index (χ2n) is 5.37. The van der Waals surface area contributed by atoms with Crippen molar-refractivity contribution in [1.29, 1.82) is 0 Å². The number of fused-ring (bicyclic) bond motifs is 1. The molecule has 21 heavy (non-hydrogen) atoms. The second-order valence-corrected chi connectivity index (χ2v) is 5.37. The molecule has 0 saturated carbocycles. The summed E-state index contributed by atoms with van der Waals surface area (Å²) < 4.78 is 5.18. The van der Waals surface area contributed by atoms with Crippen molar-refractivity contribution in [3.63, 3.8) is 0 Å². The van der Waals surface area contributed by atoms with Crippen LogP contribution in [0.3, 0.4) is 0 Å². The maximum Gasteiger partial charge on any atom is 0.309 e. The highest BCUT2D eigenvalue weighted by Gasteiger charge is 2.37. The maximum atomic E-state index is 11.3. The quantitative estimate of drug-likeness (QED) is 0.887. The smallest absolute Gasteiger partial charge is 0.309 e. The molecule has 2 atom stereocenters. The molecule has 2 aromatic rings. The number of hydrogen-bond donors (Lipinski definition) is 2. The molecular formula is C17H20O4. The maximum absolute atomic E-state index is 11.3. The lowest BCUT2D eigenvalue weighted by molar-refractivity contribution is -0.152. The van der Waals surface area contributed by atoms with Crippen LogP contribution in [0.5, 0.6) is 5.75 Å². The Morgan fingerprint density at radius 3 is 2.43 bits per heavy atom. The van der Waals surface area contributed by atoms with Gasteiger partial charge in [0.25, 0.3) is 0 Å². The van der Waals surface area contributed by atoms with Crippen molar-refractivity contribution in [2.24, 2.45) is 5.92 Å². The Labute approximate surface area is 124 Å². The number of methoxy groups -OCH3 is 1. The zero-order chi connectivity index (χ0) is 15.6. The van der Waals surface area contributed by atoms with Crippen molar-refractivity contribution < 1.29 is 19.7 Å². The van der Waals surface area contributed by atoms with Crippen molar-refractivity contribution >= 4 is 16.7 Å². The third kappa shape index (κ3) is 2.85. The van der Waals surface area contributed by atoms with E-state index in [0.717, 1.165) is 16.5 Å². The molecule has 0 spiro atoms. The fraction of sp³-hybridized carbons (Fsp3) is 0.353. The van der Waals surface area contributed by atoms with Crippen molar-refractivity contribution in [3.8, 4) is 5.75 Å². The summed E-state index contributed by atoms with van der Waals surface area (Å²) >= 11 is 0. The standard InChI is InChI=1S/C17H20O4/c1-4-15(16(18)19)17(2,20)13-7-5-12-10-14(21-3)8-6-11(12)9-13/h5-10,15,20H,4H2,1-3H3,(H,18,19). The summed E-state index contributed by atoms with van der Waals surface area (Å²) in [4.78, 5) is 11.3. The Morgan fingerprint density at radius 2 is 1.86 bits per heavy atom. The SMILES string of the molecule is CCC(C(=O)O)C(C)(O)c1ccc2cc(OC)ccc2c1. The van der Waals surface area contributed by atoms with E-state index in [9.17, 15) is 15.0 Å². The van der Waals surface area contributed by atoms with Gasteiger partial charge >= 0.3 is 5.97 Å².